The van der Waals surface area contributed by atoms with Gasteiger partial charge in [0.1, 0.15) is 12.0 Å². The number of oxazole rings is 1. The van der Waals surface area contributed by atoms with Crippen molar-refractivity contribution in [3.8, 4) is 22.5 Å². The van der Waals surface area contributed by atoms with E-state index >= 15 is 0 Å². The van der Waals surface area contributed by atoms with Gasteiger partial charge in [-0.15, -0.1) is 0 Å². The molecule has 1 atom stereocenters. The Hall–Kier alpha value is -3.38. The van der Waals surface area contributed by atoms with Gasteiger partial charge in [0, 0.05) is 30.8 Å². The summed E-state index contributed by atoms with van der Waals surface area (Å²) in [4.78, 5) is 22.0. The van der Waals surface area contributed by atoms with Gasteiger partial charge in [0.15, 0.2) is 6.39 Å². The Kier molecular flexibility index (Phi) is 4.64. The summed E-state index contributed by atoms with van der Waals surface area (Å²) >= 11 is 0. The topological polar surface area (TPSA) is 54.0 Å². The Morgan fingerprint density at radius 3 is 2.67 bits per heavy atom. The van der Waals surface area contributed by atoms with Crippen molar-refractivity contribution >= 4 is 11.4 Å². The first-order valence-electron chi connectivity index (χ1n) is 10.2. The van der Waals surface area contributed by atoms with Crippen LogP contribution in [0.15, 0.2) is 71.8 Å². The first kappa shape index (κ1) is 18.6. The minimum absolute atomic E-state index is 0.0438. The van der Waals surface area contributed by atoms with E-state index in [2.05, 4.69) is 54.4 Å². The molecule has 0 unspecified atom stereocenters. The van der Waals surface area contributed by atoms with Crippen molar-refractivity contribution in [1.29, 1.82) is 0 Å². The fraction of sp³-hybridized carbons (Fsp3) is 0.250. The second kappa shape index (κ2) is 7.46. The lowest BCUT2D eigenvalue weighted by Gasteiger charge is -2.20. The Morgan fingerprint density at radius 1 is 1.13 bits per heavy atom. The standard InChI is InChI=1S/C24H24N4O2/c1-26(2)20-10-11-27(14-20)24(29)21-12-19-9-8-18(17-6-4-3-5-7-17)13-28(19)23(21)22-15-30-16-25-22/h3-9,12-13,15-16,20H,10-11,14H2,1-2H3/t20-/m1/s1. The van der Waals surface area contributed by atoms with Crippen LogP contribution in [0, 0.1) is 0 Å². The number of carbonyl (C=O) groups is 1. The molecule has 30 heavy (non-hydrogen) atoms. The summed E-state index contributed by atoms with van der Waals surface area (Å²) in [5, 5.41) is 0. The third kappa shape index (κ3) is 3.19. The van der Waals surface area contributed by atoms with E-state index in [1.54, 1.807) is 6.26 Å². The molecule has 6 heteroatoms. The molecule has 1 saturated heterocycles. The largest absolute Gasteiger partial charge is 0.451 e. The third-order valence-corrected chi connectivity index (χ3v) is 5.96. The predicted octanol–water partition coefficient (Wildman–Crippen LogP) is 4.04. The zero-order valence-corrected chi connectivity index (χ0v) is 17.2. The molecule has 0 N–H and O–H groups in total. The molecule has 0 aliphatic carbocycles. The first-order valence-corrected chi connectivity index (χ1v) is 10.2. The number of carbonyl (C=O) groups excluding carboxylic acids is 1. The molecule has 4 heterocycles. The van der Waals surface area contributed by atoms with Crippen LogP contribution in [0.5, 0.6) is 0 Å². The minimum atomic E-state index is 0.0438. The van der Waals surface area contributed by atoms with Gasteiger partial charge in [-0.25, -0.2) is 4.98 Å². The molecule has 0 spiro atoms. The molecule has 1 aromatic carbocycles. The molecule has 1 amide bonds. The van der Waals surface area contributed by atoms with Crippen molar-refractivity contribution in [3.05, 3.63) is 72.9 Å². The summed E-state index contributed by atoms with van der Waals surface area (Å²) in [6.45, 7) is 1.51. The molecular formula is C24H24N4O2. The van der Waals surface area contributed by atoms with Crippen molar-refractivity contribution in [3.63, 3.8) is 0 Å². The number of amides is 1. The van der Waals surface area contributed by atoms with Gasteiger partial charge in [-0.2, -0.15) is 0 Å². The van der Waals surface area contributed by atoms with E-state index < -0.39 is 0 Å². The van der Waals surface area contributed by atoms with Crippen LogP contribution in [0.1, 0.15) is 16.8 Å². The summed E-state index contributed by atoms with van der Waals surface area (Å²) in [5.41, 5.74) is 5.26. The molecule has 152 valence electrons. The molecule has 3 aromatic heterocycles. The van der Waals surface area contributed by atoms with E-state index in [1.807, 2.05) is 33.6 Å². The maximum atomic E-state index is 13.5. The van der Waals surface area contributed by atoms with Gasteiger partial charge in [-0.05, 0) is 43.8 Å². The van der Waals surface area contributed by atoms with Gasteiger partial charge in [0.05, 0.1) is 11.3 Å². The van der Waals surface area contributed by atoms with Gasteiger partial charge in [0.25, 0.3) is 5.91 Å². The van der Waals surface area contributed by atoms with Gasteiger partial charge in [-0.1, -0.05) is 36.4 Å². The van der Waals surface area contributed by atoms with Crippen LogP contribution in [0.25, 0.3) is 28.0 Å². The molecule has 6 nitrogen and oxygen atoms in total. The summed E-state index contributed by atoms with van der Waals surface area (Å²) in [6, 6.07) is 16.7. The van der Waals surface area contributed by atoms with Gasteiger partial charge in [-0.3, -0.25) is 4.79 Å². The highest BCUT2D eigenvalue weighted by Crippen LogP contribution is 2.31. The molecule has 0 bridgehead atoms. The SMILES string of the molecule is CN(C)[C@@H]1CCN(C(=O)c2cc3ccc(-c4ccccc4)cn3c2-c2cocn2)C1. The second-order valence-corrected chi connectivity index (χ2v) is 8.02. The van der Waals surface area contributed by atoms with Crippen molar-refractivity contribution in [2.24, 2.45) is 0 Å². The number of rotatable bonds is 4. The quantitative estimate of drug-likeness (QED) is 0.519. The number of fused-ring (bicyclic) bond motifs is 1. The molecule has 0 radical (unpaired) electrons. The molecule has 1 aliphatic rings. The van der Waals surface area contributed by atoms with E-state index in [0.717, 1.165) is 41.8 Å². The lowest BCUT2D eigenvalue weighted by atomic mass is 10.1. The van der Waals surface area contributed by atoms with E-state index in [4.69, 9.17) is 4.42 Å². The Labute approximate surface area is 175 Å². The van der Waals surface area contributed by atoms with Gasteiger partial charge in [0.2, 0.25) is 0 Å². The number of likely N-dealkylation sites (tertiary alicyclic amines) is 1. The molecule has 1 aliphatic heterocycles. The highest BCUT2D eigenvalue weighted by atomic mass is 16.3. The van der Waals surface area contributed by atoms with Gasteiger partial charge >= 0.3 is 0 Å². The molecular weight excluding hydrogens is 376 g/mol. The van der Waals surface area contributed by atoms with Crippen molar-refractivity contribution in [1.82, 2.24) is 19.2 Å². The van der Waals surface area contributed by atoms with Gasteiger partial charge < -0.3 is 18.6 Å². The number of aromatic nitrogens is 2. The van der Waals surface area contributed by atoms with Crippen LogP contribution in [-0.4, -0.2) is 58.3 Å². The van der Waals surface area contributed by atoms with Crippen molar-refractivity contribution < 1.29 is 9.21 Å². The zero-order chi connectivity index (χ0) is 20.7. The maximum absolute atomic E-state index is 13.5. The van der Waals surface area contributed by atoms with E-state index in [-0.39, 0.29) is 5.91 Å². The monoisotopic (exact) mass is 400 g/mol. The number of hydrogen-bond donors (Lipinski definition) is 0. The number of benzene rings is 1. The average molecular weight is 400 g/mol. The van der Waals surface area contributed by atoms with Crippen molar-refractivity contribution in [2.45, 2.75) is 12.5 Å². The third-order valence-electron chi connectivity index (χ3n) is 5.96. The lowest BCUT2D eigenvalue weighted by molar-refractivity contribution is 0.0784. The Balaban J connectivity index is 1.62. The van der Waals surface area contributed by atoms with Crippen LogP contribution in [0.3, 0.4) is 0 Å². The van der Waals surface area contributed by atoms with E-state index in [0.29, 0.717) is 17.3 Å². The molecule has 1 fully saturated rings. The average Bonchev–Trinajstić information content (AvgIpc) is 3.52. The number of pyridine rings is 1. The van der Waals surface area contributed by atoms with Crippen molar-refractivity contribution in [2.75, 3.05) is 27.2 Å². The number of hydrogen-bond acceptors (Lipinski definition) is 4. The Bertz CT molecular complexity index is 1180. The summed E-state index contributed by atoms with van der Waals surface area (Å²) in [6.07, 6.45) is 6.06. The second-order valence-electron chi connectivity index (χ2n) is 8.02. The smallest absolute Gasteiger partial charge is 0.256 e. The van der Waals surface area contributed by atoms with E-state index in [9.17, 15) is 4.79 Å². The normalized spacial score (nSPS) is 16.6. The predicted molar refractivity (Wildman–Crippen MR) is 116 cm³/mol. The summed E-state index contributed by atoms with van der Waals surface area (Å²) in [5.74, 6) is 0.0438. The minimum Gasteiger partial charge on any atom is -0.451 e. The number of nitrogens with zero attached hydrogens (tertiary/aromatic N) is 4. The highest BCUT2D eigenvalue weighted by Gasteiger charge is 2.31. The van der Waals surface area contributed by atoms with Crippen LogP contribution < -0.4 is 0 Å². The molecule has 4 aromatic rings. The van der Waals surface area contributed by atoms with Crippen LogP contribution in [0.2, 0.25) is 0 Å². The van der Waals surface area contributed by atoms with Crippen LogP contribution in [-0.2, 0) is 0 Å². The number of likely N-dealkylation sites (N-methyl/N-ethyl adjacent to an activating group) is 1. The molecule has 0 saturated carbocycles. The van der Waals surface area contributed by atoms with E-state index in [1.165, 1.54) is 6.39 Å². The fourth-order valence-electron chi connectivity index (χ4n) is 4.24. The molecule has 5 rings (SSSR count). The lowest BCUT2D eigenvalue weighted by Crippen LogP contribution is -2.34. The maximum Gasteiger partial charge on any atom is 0.256 e. The summed E-state index contributed by atoms with van der Waals surface area (Å²) < 4.78 is 7.30. The fourth-order valence-corrected chi connectivity index (χ4v) is 4.24. The first-order chi connectivity index (χ1) is 14.6. The summed E-state index contributed by atoms with van der Waals surface area (Å²) in [7, 11) is 4.13. The Morgan fingerprint density at radius 2 is 1.97 bits per heavy atom. The zero-order valence-electron chi connectivity index (χ0n) is 17.2. The van der Waals surface area contributed by atoms with Crippen LogP contribution >= 0.6 is 0 Å². The highest BCUT2D eigenvalue weighted by molar-refractivity contribution is 6.02. The van der Waals surface area contributed by atoms with Crippen LogP contribution in [0.4, 0.5) is 0 Å².